The number of aliphatic hydroxyl groups excluding tert-OH is 1. The van der Waals surface area contributed by atoms with Crippen molar-refractivity contribution in [1.82, 2.24) is 9.80 Å². The summed E-state index contributed by atoms with van der Waals surface area (Å²) in [5.74, 6) is 1.03. The number of hydrogen-bond acceptors (Lipinski definition) is 7. The third-order valence-corrected chi connectivity index (χ3v) is 14.0. The van der Waals surface area contributed by atoms with E-state index in [1.807, 2.05) is 0 Å². The first-order valence-electron chi connectivity index (χ1n) is 27.9. The summed E-state index contributed by atoms with van der Waals surface area (Å²) in [4.78, 5) is 30.8. The molecule has 0 bridgehead atoms. The molecule has 1 fully saturated rings. The van der Waals surface area contributed by atoms with E-state index in [0.29, 0.717) is 50.5 Å². The third-order valence-electron chi connectivity index (χ3n) is 14.0. The molecule has 0 aliphatic heterocycles. The topological polar surface area (TPSA) is 79.3 Å². The molecule has 1 aliphatic rings. The molecule has 62 heavy (non-hydrogen) atoms. The lowest BCUT2D eigenvalue weighted by molar-refractivity contribution is -0.146. The number of unbranched alkanes of at least 4 members (excludes halogenated alkanes) is 20. The van der Waals surface area contributed by atoms with Gasteiger partial charge in [-0.1, -0.05) is 195 Å². The molecule has 368 valence electrons. The van der Waals surface area contributed by atoms with Crippen molar-refractivity contribution < 1.29 is 24.2 Å². The number of rotatable bonds is 46. The highest BCUT2D eigenvalue weighted by molar-refractivity contribution is 5.69. The Kier molecular flexibility index (Phi) is 42.7. The number of carbonyl (C=O) groups excluding carboxylic acids is 2. The van der Waals surface area contributed by atoms with Gasteiger partial charge >= 0.3 is 11.9 Å². The second kappa shape index (κ2) is 45.0. The van der Waals surface area contributed by atoms with Crippen LogP contribution >= 0.6 is 0 Å². The number of hydrogen-bond donors (Lipinski definition) is 1. The predicted molar refractivity (Wildman–Crippen MR) is 266 cm³/mol. The van der Waals surface area contributed by atoms with Gasteiger partial charge in [-0.3, -0.25) is 19.4 Å². The number of esters is 2. The van der Waals surface area contributed by atoms with Gasteiger partial charge in [-0.05, 0) is 89.1 Å². The molecule has 1 rings (SSSR count). The molecule has 7 nitrogen and oxygen atoms in total. The predicted octanol–water partition coefficient (Wildman–Crippen LogP) is 15.2. The SMILES string of the molecule is CCCCCCCCC(CCCCCC)COC(=O)CCCCCN(CCO)CCN(CCCCCC(=O)OCC(CCCCCC)CCCCCCCC)C1CCCCCC1. The van der Waals surface area contributed by atoms with Crippen molar-refractivity contribution in [3.05, 3.63) is 0 Å². The third kappa shape index (κ3) is 36.1. The number of aliphatic hydroxyl groups is 1. The Balaban J connectivity index is 2.47. The minimum absolute atomic E-state index is 0.00396. The zero-order chi connectivity index (χ0) is 45.0. The van der Waals surface area contributed by atoms with Gasteiger partial charge in [0.05, 0.1) is 19.8 Å². The van der Waals surface area contributed by atoms with Crippen molar-refractivity contribution >= 4 is 11.9 Å². The van der Waals surface area contributed by atoms with E-state index in [1.54, 1.807) is 0 Å². The van der Waals surface area contributed by atoms with Gasteiger partial charge in [0, 0.05) is 38.5 Å². The summed E-state index contributed by atoms with van der Waals surface area (Å²) in [6.07, 6.45) is 45.9. The van der Waals surface area contributed by atoms with E-state index in [-0.39, 0.29) is 18.5 Å². The van der Waals surface area contributed by atoms with Gasteiger partial charge in [-0.15, -0.1) is 0 Å². The first-order valence-corrected chi connectivity index (χ1v) is 27.9. The summed E-state index contributed by atoms with van der Waals surface area (Å²) < 4.78 is 11.8. The second-order valence-corrected chi connectivity index (χ2v) is 19.8. The van der Waals surface area contributed by atoms with Crippen LogP contribution in [0.15, 0.2) is 0 Å². The summed E-state index contributed by atoms with van der Waals surface area (Å²) >= 11 is 0. The van der Waals surface area contributed by atoms with Crippen molar-refractivity contribution in [2.24, 2.45) is 11.8 Å². The Labute approximate surface area is 386 Å². The fourth-order valence-electron chi connectivity index (χ4n) is 9.72. The molecular weight excluding hydrogens is 769 g/mol. The lowest BCUT2D eigenvalue weighted by atomic mass is 9.95. The van der Waals surface area contributed by atoms with Crippen molar-refractivity contribution in [3.63, 3.8) is 0 Å². The molecule has 0 spiro atoms. The molecule has 2 unspecified atom stereocenters. The van der Waals surface area contributed by atoms with Crippen LogP contribution < -0.4 is 0 Å². The first-order chi connectivity index (χ1) is 30.5. The van der Waals surface area contributed by atoms with Gasteiger partial charge in [0.15, 0.2) is 0 Å². The molecule has 0 radical (unpaired) electrons. The molecule has 1 aliphatic carbocycles. The van der Waals surface area contributed by atoms with Crippen molar-refractivity contribution in [2.75, 3.05) is 52.5 Å². The van der Waals surface area contributed by atoms with Crippen molar-refractivity contribution in [3.8, 4) is 0 Å². The van der Waals surface area contributed by atoms with E-state index in [2.05, 4.69) is 37.5 Å². The molecule has 0 aromatic heterocycles. The first kappa shape index (κ1) is 58.8. The number of nitrogens with zero attached hydrogens (tertiary/aromatic N) is 2. The highest BCUT2D eigenvalue weighted by Gasteiger charge is 2.21. The minimum atomic E-state index is -0.0183. The molecule has 2 atom stereocenters. The van der Waals surface area contributed by atoms with Gasteiger partial charge in [-0.25, -0.2) is 0 Å². The largest absolute Gasteiger partial charge is 0.465 e. The molecule has 1 N–H and O–H groups in total. The molecule has 0 heterocycles. The van der Waals surface area contributed by atoms with Crippen LogP contribution in [0.25, 0.3) is 0 Å². The van der Waals surface area contributed by atoms with E-state index in [9.17, 15) is 14.7 Å². The van der Waals surface area contributed by atoms with Crippen LogP contribution in [0.1, 0.15) is 272 Å². The zero-order valence-corrected chi connectivity index (χ0v) is 42.2. The molecule has 1 saturated carbocycles. The van der Waals surface area contributed by atoms with E-state index in [1.165, 1.54) is 193 Å². The molecular formula is C55H108N2O5. The van der Waals surface area contributed by atoms with Crippen molar-refractivity contribution in [2.45, 2.75) is 278 Å². The Hall–Kier alpha value is -1.18. The van der Waals surface area contributed by atoms with Gasteiger partial charge in [0.1, 0.15) is 0 Å². The van der Waals surface area contributed by atoms with E-state index in [0.717, 1.165) is 64.7 Å². The van der Waals surface area contributed by atoms with Gasteiger partial charge in [0.2, 0.25) is 0 Å². The molecule has 0 aromatic rings. The fraction of sp³-hybridized carbons (Fsp3) is 0.964. The maximum atomic E-state index is 12.8. The van der Waals surface area contributed by atoms with Crippen LogP contribution in [0.4, 0.5) is 0 Å². The lowest BCUT2D eigenvalue weighted by Crippen LogP contribution is -2.42. The summed E-state index contributed by atoms with van der Waals surface area (Å²) in [6, 6.07) is 0.645. The summed E-state index contributed by atoms with van der Waals surface area (Å²) in [7, 11) is 0. The van der Waals surface area contributed by atoms with Gasteiger partial charge < -0.3 is 14.6 Å². The van der Waals surface area contributed by atoms with E-state index < -0.39 is 0 Å². The molecule has 0 saturated heterocycles. The molecule has 0 aromatic carbocycles. The summed E-state index contributed by atoms with van der Waals surface area (Å²) in [6.45, 7) is 15.3. The maximum Gasteiger partial charge on any atom is 0.305 e. The minimum Gasteiger partial charge on any atom is -0.465 e. The standard InChI is InChI=1S/C55H108N2O5/c1-5-9-13-17-19-27-37-51(35-25-15-11-7-3)49-61-54(59)41-31-23-33-43-56(47-48-58)45-46-57(53-39-29-21-22-30-40-53)44-34-24-32-42-55(60)62-50-52(36-26-16-12-8-4)38-28-20-18-14-10-6-2/h51-53,58H,5-50H2,1-4H3. The van der Waals surface area contributed by atoms with Crippen LogP contribution in [-0.4, -0.2) is 85.4 Å². The lowest BCUT2D eigenvalue weighted by Gasteiger charge is -2.33. The Morgan fingerprint density at radius 1 is 0.452 bits per heavy atom. The molecule has 7 heteroatoms. The summed E-state index contributed by atoms with van der Waals surface area (Å²) in [5, 5.41) is 9.94. The van der Waals surface area contributed by atoms with Gasteiger partial charge in [-0.2, -0.15) is 0 Å². The number of carbonyl (C=O) groups is 2. The Bertz CT molecular complexity index is 956. The molecule has 0 amide bonds. The van der Waals surface area contributed by atoms with Crippen LogP contribution in [0, 0.1) is 11.8 Å². The Morgan fingerprint density at radius 3 is 1.27 bits per heavy atom. The second-order valence-electron chi connectivity index (χ2n) is 19.8. The van der Waals surface area contributed by atoms with Crippen LogP contribution in [-0.2, 0) is 19.1 Å². The Morgan fingerprint density at radius 2 is 0.839 bits per heavy atom. The average molecular weight is 877 g/mol. The number of ether oxygens (including phenoxy) is 2. The quantitative estimate of drug-likeness (QED) is 0.0371. The summed E-state index contributed by atoms with van der Waals surface area (Å²) in [5.41, 5.74) is 0. The smallest absolute Gasteiger partial charge is 0.305 e. The monoisotopic (exact) mass is 877 g/mol. The zero-order valence-electron chi connectivity index (χ0n) is 42.2. The highest BCUT2D eigenvalue weighted by atomic mass is 16.5. The maximum absolute atomic E-state index is 12.8. The van der Waals surface area contributed by atoms with Crippen LogP contribution in [0.3, 0.4) is 0 Å². The van der Waals surface area contributed by atoms with Crippen LogP contribution in [0.5, 0.6) is 0 Å². The fourth-order valence-corrected chi connectivity index (χ4v) is 9.72. The highest BCUT2D eigenvalue weighted by Crippen LogP contribution is 2.24. The van der Waals surface area contributed by atoms with Crippen molar-refractivity contribution in [1.29, 1.82) is 0 Å². The van der Waals surface area contributed by atoms with E-state index in [4.69, 9.17) is 9.47 Å². The van der Waals surface area contributed by atoms with Gasteiger partial charge in [0.25, 0.3) is 0 Å². The van der Waals surface area contributed by atoms with E-state index >= 15 is 0 Å². The van der Waals surface area contributed by atoms with Crippen LogP contribution in [0.2, 0.25) is 0 Å². The normalized spacial score (nSPS) is 14.7. The average Bonchev–Trinajstić information content (AvgIpc) is 3.57.